The highest BCUT2D eigenvalue weighted by Gasteiger charge is 2.17. The summed E-state index contributed by atoms with van der Waals surface area (Å²) in [5.41, 5.74) is 2.43. The molecule has 11 heteroatoms. The van der Waals surface area contributed by atoms with E-state index in [4.69, 9.17) is 9.47 Å². The van der Waals surface area contributed by atoms with Crippen LogP contribution in [0.15, 0.2) is 65.3 Å². The molecule has 0 aliphatic rings. The molecule has 2 aromatic carbocycles. The Bertz CT molecular complexity index is 1140. The summed E-state index contributed by atoms with van der Waals surface area (Å²) in [5, 5.41) is 19.8. The van der Waals surface area contributed by atoms with Crippen LogP contribution in [0.25, 0.3) is 5.69 Å². The molecular weight excluding hydrogens is 436 g/mol. The van der Waals surface area contributed by atoms with E-state index in [1.54, 1.807) is 12.6 Å². The molecule has 1 amide bonds. The Morgan fingerprint density at radius 1 is 1.06 bits per heavy atom. The van der Waals surface area contributed by atoms with Crippen LogP contribution in [-0.4, -0.2) is 43.7 Å². The molecule has 158 valence electrons. The Morgan fingerprint density at radius 3 is 2.58 bits per heavy atom. The lowest BCUT2D eigenvalue weighted by molar-refractivity contribution is -0.113. The maximum atomic E-state index is 12.2. The minimum absolute atomic E-state index is 0.151. The van der Waals surface area contributed by atoms with Gasteiger partial charge in [-0.25, -0.2) is 0 Å². The van der Waals surface area contributed by atoms with E-state index in [-0.39, 0.29) is 18.3 Å². The number of methoxy groups -OCH3 is 1. The van der Waals surface area contributed by atoms with E-state index in [1.165, 1.54) is 23.1 Å². The van der Waals surface area contributed by atoms with Gasteiger partial charge in [-0.05, 0) is 24.3 Å². The van der Waals surface area contributed by atoms with Gasteiger partial charge in [0.15, 0.2) is 22.5 Å². The van der Waals surface area contributed by atoms with Crippen LogP contribution < -0.4 is 14.8 Å². The molecule has 0 saturated carbocycles. The standard InChI is InChI=1S/C20H18N6O3S2/c1-28-15-9-5-6-10-16(15)29-11-17-23-25-20(26(17)14-7-3-2-4-8-14)30-12-18(27)22-19-24-21-13-31-19/h2-10,13H,11-12H2,1H3,(H,22,24,27). The topological polar surface area (TPSA) is 104 Å². The Kier molecular flexibility index (Phi) is 6.75. The van der Waals surface area contributed by atoms with Crippen LogP contribution in [0.1, 0.15) is 5.82 Å². The number of ether oxygens (including phenoxy) is 2. The first kappa shape index (κ1) is 20.8. The molecule has 0 unspecified atom stereocenters. The first-order valence-corrected chi connectivity index (χ1v) is 11.1. The van der Waals surface area contributed by atoms with Crippen molar-refractivity contribution in [3.8, 4) is 17.2 Å². The second-order valence-electron chi connectivity index (χ2n) is 6.09. The maximum absolute atomic E-state index is 12.2. The van der Waals surface area contributed by atoms with E-state index in [2.05, 4.69) is 25.7 Å². The number of thioether (sulfide) groups is 1. The number of nitrogens with zero attached hydrogens (tertiary/aromatic N) is 5. The van der Waals surface area contributed by atoms with E-state index < -0.39 is 0 Å². The van der Waals surface area contributed by atoms with E-state index in [1.807, 2.05) is 59.2 Å². The number of para-hydroxylation sites is 3. The van der Waals surface area contributed by atoms with Crippen LogP contribution in [0, 0.1) is 0 Å². The van der Waals surface area contributed by atoms with Gasteiger partial charge >= 0.3 is 0 Å². The van der Waals surface area contributed by atoms with Crippen LogP contribution >= 0.6 is 23.1 Å². The number of carbonyl (C=O) groups is 1. The van der Waals surface area contributed by atoms with Crippen LogP contribution in [0.5, 0.6) is 11.5 Å². The summed E-state index contributed by atoms with van der Waals surface area (Å²) in [7, 11) is 1.59. The van der Waals surface area contributed by atoms with Crippen molar-refractivity contribution < 1.29 is 14.3 Å². The zero-order valence-corrected chi connectivity index (χ0v) is 18.1. The normalized spacial score (nSPS) is 10.6. The molecule has 0 aliphatic carbocycles. The van der Waals surface area contributed by atoms with Gasteiger partial charge in [-0.2, -0.15) is 0 Å². The summed E-state index contributed by atoms with van der Waals surface area (Å²) < 4.78 is 13.1. The highest BCUT2D eigenvalue weighted by Crippen LogP contribution is 2.28. The molecule has 1 N–H and O–H groups in total. The zero-order chi connectivity index (χ0) is 21.5. The van der Waals surface area contributed by atoms with E-state index in [9.17, 15) is 4.79 Å². The van der Waals surface area contributed by atoms with Gasteiger partial charge < -0.3 is 9.47 Å². The molecule has 0 spiro atoms. The lowest BCUT2D eigenvalue weighted by Crippen LogP contribution is -2.14. The van der Waals surface area contributed by atoms with Gasteiger partial charge in [0.25, 0.3) is 0 Å². The molecular formula is C20H18N6O3S2. The molecule has 0 fully saturated rings. The van der Waals surface area contributed by atoms with Gasteiger partial charge in [-0.1, -0.05) is 53.4 Å². The number of benzene rings is 2. The smallest absolute Gasteiger partial charge is 0.236 e. The Hall–Kier alpha value is -3.44. The minimum atomic E-state index is -0.198. The Morgan fingerprint density at radius 2 is 1.84 bits per heavy atom. The van der Waals surface area contributed by atoms with Gasteiger partial charge in [0.05, 0.1) is 12.9 Å². The number of rotatable bonds is 9. The van der Waals surface area contributed by atoms with Gasteiger partial charge in [0, 0.05) is 5.69 Å². The van der Waals surface area contributed by atoms with Gasteiger partial charge in [0.1, 0.15) is 12.1 Å². The minimum Gasteiger partial charge on any atom is -0.493 e. The highest BCUT2D eigenvalue weighted by atomic mass is 32.2. The van der Waals surface area contributed by atoms with Gasteiger partial charge in [-0.3, -0.25) is 14.7 Å². The highest BCUT2D eigenvalue weighted by molar-refractivity contribution is 7.99. The lowest BCUT2D eigenvalue weighted by atomic mass is 10.3. The first-order valence-electron chi connectivity index (χ1n) is 9.19. The number of aromatic nitrogens is 5. The third-order valence-corrected chi connectivity index (χ3v) is 5.61. The van der Waals surface area contributed by atoms with Crippen LogP contribution in [0.4, 0.5) is 5.13 Å². The molecule has 4 aromatic rings. The third kappa shape index (κ3) is 5.19. The zero-order valence-electron chi connectivity index (χ0n) is 16.5. The van der Waals surface area contributed by atoms with Crippen LogP contribution in [0.2, 0.25) is 0 Å². The van der Waals surface area contributed by atoms with Crippen molar-refractivity contribution in [1.29, 1.82) is 0 Å². The van der Waals surface area contributed by atoms with E-state index >= 15 is 0 Å². The van der Waals surface area contributed by atoms with Crippen LogP contribution in [0.3, 0.4) is 0 Å². The molecule has 2 aromatic heterocycles. The van der Waals surface area contributed by atoms with Crippen molar-refractivity contribution in [3.63, 3.8) is 0 Å². The summed E-state index contributed by atoms with van der Waals surface area (Å²) in [4.78, 5) is 12.2. The average Bonchev–Trinajstić information content (AvgIpc) is 3.46. The van der Waals surface area contributed by atoms with Gasteiger partial charge in [-0.15, -0.1) is 20.4 Å². The summed E-state index contributed by atoms with van der Waals surface area (Å²) in [5.74, 6) is 1.80. The predicted octanol–water partition coefficient (Wildman–Crippen LogP) is 3.44. The van der Waals surface area contributed by atoms with Crippen molar-refractivity contribution in [1.82, 2.24) is 25.0 Å². The van der Waals surface area contributed by atoms with E-state index in [0.717, 1.165) is 5.69 Å². The molecule has 9 nitrogen and oxygen atoms in total. The summed E-state index contributed by atoms with van der Waals surface area (Å²) >= 11 is 2.54. The number of hydrogen-bond donors (Lipinski definition) is 1. The van der Waals surface area contributed by atoms with Crippen molar-refractivity contribution in [2.24, 2.45) is 0 Å². The van der Waals surface area contributed by atoms with Crippen molar-refractivity contribution in [2.75, 3.05) is 18.2 Å². The fourth-order valence-electron chi connectivity index (χ4n) is 2.72. The Labute approximate surface area is 186 Å². The van der Waals surface area contributed by atoms with Gasteiger partial charge in [0.2, 0.25) is 11.0 Å². The van der Waals surface area contributed by atoms with E-state index in [0.29, 0.717) is 27.6 Å². The fourth-order valence-corrected chi connectivity index (χ4v) is 3.95. The maximum Gasteiger partial charge on any atom is 0.236 e. The quantitative estimate of drug-likeness (QED) is 0.384. The van der Waals surface area contributed by atoms with Crippen molar-refractivity contribution in [2.45, 2.75) is 11.8 Å². The number of hydrogen-bond acceptors (Lipinski definition) is 9. The summed E-state index contributed by atoms with van der Waals surface area (Å²) in [6.45, 7) is 0.180. The molecule has 31 heavy (non-hydrogen) atoms. The fraction of sp³-hybridized carbons (Fsp3) is 0.150. The first-order chi connectivity index (χ1) is 15.2. The molecule has 0 atom stereocenters. The SMILES string of the molecule is COc1ccccc1OCc1nnc(SCC(=O)Nc2nncs2)n1-c1ccccc1. The van der Waals surface area contributed by atoms with Crippen molar-refractivity contribution in [3.05, 3.63) is 65.9 Å². The number of carbonyl (C=O) groups excluding carboxylic acids is 1. The number of nitrogens with one attached hydrogen (secondary N) is 1. The average molecular weight is 455 g/mol. The molecule has 0 saturated heterocycles. The Balaban J connectivity index is 1.52. The second kappa shape index (κ2) is 10.0. The second-order valence-corrected chi connectivity index (χ2v) is 7.87. The third-order valence-electron chi connectivity index (χ3n) is 4.08. The summed E-state index contributed by atoms with van der Waals surface area (Å²) in [6.07, 6.45) is 0. The number of amides is 1. The van der Waals surface area contributed by atoms with Crippen molar-refractivity contribution >= 4 is 34.1 Å². The number of anilines is 1. The largest absolute Gasteiger partial charge is 0.493 e. The molecule has 0 radical (unpaired) electrons. The molecule has 2 heterocycles. The molecule has 0 bridgehead atoms. The molecule has 0 aliphatic heterocycles. The van der Waals surface area contributed by atoms with Crippen LogP contribution in [-0.2, 0) is 11.4 Å². The monoisotopic (exact) mass is 454 g/mol. The molecule has 4 rings (SSSR count). The lowest BCUT2D eigenvalue weighted by Gasteiger charge is -2.12. The predicted molar refractivity (Wildman–Crippen MR) is 118 cm³/mol. The summed E-state index contributed by atoms with van der Waals surface area (Å²) in [6, 6.07) is 17.1.